The molecule has 0 bridgehead atoms. The van der Waals surface area contributed by atoms with E-state index in [1.165, 1.54) is 11.3 Å². The zero-order valence-corrected chi connectivity index (χ0v) is 10.7. The zero-order valence-electron chi connectivity index (χ0n) is 9.85. The van der Waals surface area contributed by atoms with Crippen molar-refractivity contribution in [2.45, 2.75) is 26.4 Å². The molecular formula is C10H15N3O3S. The summed E-state index contributed by atoms with van der Waals surface area (Å²) in [6.45, 7) is 5.34. The Balaban J connectivity index is 2.64. The van der Waals surface area contributed by atoms with Gasteiger partial charge in [-0.05, 0) is 32.9 Å². The molecule has 7 heteroatoms. The lowest BCUT2D eigenvalue weighted by Gasteiger charge is -2.19. The van der Waals surface area contributed by atoms with E-state index in [2.05, 4.69) is 10.5 Å². The van der Waals surface area contributed by atoms with Gasteiger partial charge in [-0.25, -0.2) is 4.79 Å². The highest BCUT2D eigenvalue weighted by atomic mass is 32.1. The Hall–Kier alpha value is -1.76. The first-order valence-electron chi connectivity index (χ1n) is 4.89. The minimum absolute atomic E-state index is 0.00670. The third-order valence-corrected chi connectivity index (χ3v) is 2.61. The summed E-state index contributed by atoms with van der Waals surface area (Å²) >= 11 is 1.19. The van der Waals surface area contributed by atoms with E-state index in [4.69, 9.17) is 15.7 Å². The van der Waals surface area contributed by atoms with E-state index in [9.17, 15) is 4.79 Å². The number of carbonyl (C=O) groups excluding carboxylic acids is 1. The summed E-state index contributed by atoms with van der Waals surface area (Å²) in [6.07, 6.45) is -0.537. The lowest BCUT2D eigenvalue weighted by Crippen LogP contribution is -2.26. The Morgan fingerprint density at radius 3 is 2.71 bits per heavy atom. The minimum atomic E-state index is -0.546. The van der Waals surface area contributed by atoms with Crippen LogP contribution in [0.25, 0.3) is 0 Å². The maximum atomic E-state index is 11.4. The van der Waals surface area contributed by atoms with Crippen LogP contribution < -0.4 is 11.1 Å². The smallest absolute Gasteiger partial charge is 0.412 e. The third-order valence-electron chi connectivity index (χ3n) is 1.59. The highest BCUT2D eigenvalue weighted by molar-refractivity contribution is 7.18. The number of thiophene rings is 1. The van der Waals surface area contributed by atoms with Gasteiger partial charge < -0.3 is 15.7 Å². The van der Waals surface area contributed by atoms with Crippen LogP contribution >= 0.6 is 11.3 Å². The van der Waals surface area contributed by atoms with Crippen LogP contribution in [0.1, 0.15) is 25.6 Å². The normalized spacial score (nSPS) is 12.3. The minimum Gasteiger partial charge on any atom is -0.444 e. The second kappa shape index (κ2) is 5.05. The van der Waals surface area contributed by atoms with Gasteiger partial charge in [-0.15, -0.1) is 11.3 Å². The molecule has 0 fully saturated rings. The monoisotopic (exact) mass is 257 g/mol. The molecule has 0 spiro atoms. The summed E-state index contributed by atoms with van der Waals surface area (Å²) < 4.78 is 5.08. The first kappa shape index (κ1) is 13.3. The third kappa shape index (κ3) is 4.31. The number of ether oxygens (including phenoxy) is 1. The van der Waals surface area contributed by atoms with Gasteiger partial charge >= 0.3 is 6.09 Å². The lowest BCUT2D eigenvalue weighted by molar-refractivity contribution is 0.0636. The van der Waals surface area contributed by atoms with Gasteiger partial charge in [0.1, 0.15) is 5.60 Å². The van der Waals surface area contributed by atoms with Gasteiger partial charge in [0.05, 0.1) is 9.88 Å². The maximum absolute atomic E-state index is 11.4. The van der Waals surface area contributed by atoms with Gasteiger partial charge in [0.15, 0.2) is 5.84 Å². The van der Waals surface area contributed by atoms with Crippen LogP contribution in [-0.4, -0.2) is 22.7 Å². The van der Waals surface area contributed by atoms with Gasteiger partial charge in [-0.1, -0.05) is 5.16 Å². The first-order valence-corrected chi connectivity index (χ1v) is 5.71. The molecule has 6 nitrogen and oxygen atoms in total. The molecule has 0 unspecified atom stereocenters. The van der Waals surface area contributed by atoms with Gasteiger partial charge in [-0.3, -0.25) is 5.32 Å². The Kier molecular flexibility index (Phi) is 3.95. The van der Waals surface area contributed by atoms with Gasteiger partial charge in [0, 0.05) is 0 Å². The average Bonchev–Trinajstić information content (AvgIpc) is 2.62. The fourth-order valence-electron chi connectivity index (χ4n) is 0.996. The van der Waals surface area contributed by atoms with Crippen LogP contribution in [0.2, 0.25) is 0 Å². The van der Waals surface area contributed by atoms with E-state index in [0.29, 0.717) is 9.88 Å². The van der Waals surface area contributed by atoms with Crippen molar-refractivity contribution < 1.29 is 14.7 Å². The molecule has 1 aromatic rings. The van der Waals surface area contributed by atoms with Crippen molar-refractivity contribution in [1.29, 1.82) is 0 Å². The fraction of sp³-hybridized carbons (Fsp3) is 0.400. The molecular weight excluding hydrogens is 242 g/mol. The van der Waals surface area contributed by atoms with Crippen LogP contribution in [0.15, 0.2) is 17.3 Å². The summed E-state index contributed by atoms with van der Waals surface area (Å²) in [5.74, 6) is 0.00670. The number of carbonyl (C=O) groups is 1. The van der Waals surface area contributed by atoms with E-state index in [1.807, 2.05) is 0 Å². The van der Waals surface area contributed by atoms with Crippen LogP contribution in [0, 0.1) is 0 Å². The molecule has 0 radical (unpaired) electrons. The number of hydrogen-bond donors (Lipinski definition) is 3. The first-order chi connectivity index (χ1) is 7.81. The summed E-state index contributed by atoms with van der Waals surface area (Å²) in [5, 5.41) is 14.5. The molecule has 0 saturated carbocycles. The van der Waals surface area contributed by atoms with Crippen molar-refractivity contribution in [3.8, 4) is 0 Å². The molecule has 0 aliphatic heterocycles. The number of nitrogens with one attached hydrogen (secondary N) is 1. The predicted molar refractivity (Wildman–Crippen MR) is 66.7 cm³/mol. The van der Waals surface area contributed by atoms with Crippen molar-refractivity contribution >= 4 is 28.3 Å². The summed E-state index contributed by atoms with van der Waals surface area (Å²) in [5.41, 5.74) is 4.86. The lowest BCUT2D eigenvalue weighted by atomic mass is 10.2. The van der Waals surface area contributed by atoms with Crippen molar-refractivity contribution in [1.82, 2.24) is 0 Å². The topological polar surface area (TPSA) is 96.9 Å². The number of amides is 1. The van der Waals surface area contributed by atoms with Crippen molar-refractivity contribution in [2.24, 2.45) is 10.9 Å². The molecule has 4 N–H and O–H groups in total. The molecule has 0 saturated heterocycles. The quantitative estimate of drug-likeness (QED) is 0.327. The van der Waals surface area contributed by atoms with Gasteiger partial charge in [0.25, 0.3) is 0 Å². The van der Waals surface area contributed by atoms with Crippen molar-refractivity contribution in [3.63, 3.8) is 0 Å². The molecule has 0 aliphatic carbocycles. The van der Waals surface area contributed by atoms with E-state index in [0.717, 1.165) is 0 Å². The number of nitrogens with two attached hydrogens (primary N) is 1. The molecule has 1 aromatic heterocycles. The Morgan fingerprint density at radius 1 is 1.53 bits per heavy atom. The van der Waals surface area contributed by atoms with Crippen LogP contribution in [-0.2, 0) is 4.74 Å². The van der Waals surface area contributed by atoms with Crippen molar-refractivity contribution in [2.75, 3.05) is 5.32 Å². The average molecular weight is 257 g/mol. The Bertz CT molecular complexity index is 434. The zero-order chi connectivity index (χ0) is 13.1. The summed E-state index contributed by atoms with van der Waals surface area (Å²) in [4.78, 5) is 12.0. The van der Waals surface area contributed by atoms with E-state index < -0.39 is 11.7 Å². The number of hydrogen-bond acceptors (Lipinski definition) is 5. The molecule has 17 heavy (non-hydrogen) atoms. The summed E-state index contributed by atoms with van der Waals surface area (Å²) in [7, 11) is 0. The second-order valence-corrected chi connectivity index (χ2v) is 5.36. The van der Waals surface area contributed by atoms with Crippen LogP contribution in [0.3, 0.4) is 0 Å². The van der Waals surface area contributed by atoms with E-state index >= 15 is 0 Å². The molecule has 0 atom stereocenters. The molecule has 0 aliphatic rings. The highest BCUT2D eigenvalue weighted by Crippen LogP contribution is 2.22. The molecule has 1 rings (SSSR count). The number of nitrogens with zero attached hydrogens (tertiary/aromatic N) is 1. The number of amidine groups is 1. The molecule has 1 amide bonds. The Morgan fingerprint density at radius 2 is 2.18 bits per heavy atom. The van der Waals surface area contributed by atoms with Crippen LogP contribution in [0.5, 0.6) is 0 Å². The van der Waals surface area contributed by atoms with E-state index in [1.54, 1.807) is 32.9 Å². The Labute approximate surface area is 103 Å². The number of oxime groups is 1. The SMILES string of the molecule is CC(C)(C)OC(=O)Nc1ccc(C(N)=NO)s1. The van der Waals surface area contributed by atoms with E-state index in [-0.39, 0.29) is 5.84 Å². The van der Waals surface area contributed by atoms with Gasteiger partial charge in [0.2, 0.25) is 0 Å². The molecule has 94 valence electrons. The van der Waals surface area contributed by atoms with Gasteiger partial charge in [-0.2, -0.15) is 0 Å². The predicted octanol–water partition coefficient (Wildman–Crippen LogP) is 2.19. The maximum Gasteiger partial charge on any atom is 0.412 e. The molecule has 1 heterocycles. The largest absolute Gasteiger partial charge is 0.444 e. The number of anilines is 1. The van der Waals surface area contributed by atoms with Crippen molar-refractivity contribution in [3.05, 3.63) is 17.0 Å². The summed E-state index contributed by atoms with van der Waals surface area (Å²) in [6, 6.07) is 3.30. The highest BCUT2D eigenvalue weighted by Gasteiger charge is 2.16. The van der Waals surface area contributed by atoms with Crippen LogP contribution in [0.4, 0.5) is 9.80 Å². The second-order valence-electron chi connectivity index (χ2n) is 4.28. The molecule has 0 aromatic carbocycles. The fourth-order valence-corrected chi connectivity index (χ4v) is 1.79. The standard InChI is InChI=1S/C10H15N3O3S/c1-10(2,3)16-9(14)12-7-5-4-6(17-7)8(11)13-15/h4-5,15H,1-3H3,(H2,11,13)(H,12,14). The number of rotatable bonds is 2.